The topological polar surface area (TPSA) is 50.6 Å². The number of likely N-dealkylation sites (tertiary alicyclic amines) is 2. The van der Waals surface area contributed by atoms with Gasteiger partial charge in [0, 0.05) is 46.2 Å². The Morgan fingerprint density at radius 2 is 1.97 bits per heavy atom. The number of amides is 2. The number of benzene rings is 2. The summed E-state index contributed by atoms with van der Waals surface area (Å²) in [7, 11) is 3.51. The molecule has 0 bridgehead atoms. The summed E-state index contributed by atoms with van der Waals surface area (Å²) in [4.78, 5) is 18.7. The van der Waals surface area contributed by atoms with E-state index in [4.69, 9.17) is 0 Å². The van der Waals surface area contributed by atoms with Crippen LogP contribution in [0.25, 0.3) is 0 Å². The molecule has 0 spiro atoms. The first-order chi connectivity index (χ1) is 14.0. The Kier molecular flexibility index (Phi) is 5.25. The van der Waals surface area contributed by atoms with Gasteiger partial charge in [-0.05, 0) is 35.2 Å². The lowest BCUT2D eigenvalue weighted by Gasteiger charge is -2.32. The highest BCUT2D eigenvalue weighted by Gasteiger charge is 2.49. The molecular formula is C23H25FN4O. The number of fused-ring (bicyclic) bond motifs is 1. The molecule has 2 aromatic carbocycles. The summed E-state index contributed by atoms with van der Waals surface area (Å²) in [5, 5.41) is 9.37. The highest BCUT2D eigenvalue weighted by atomic mass is 19.1. The maximum atomic E-state index is 13.9. The minimum Gasteiger partial charge on any atom is -0.331 e. The van der Waals surface area contributed by atoms with Gasteiger partial charge < -0.3 is 9.80 Å². The quantitative estimate of drug-likeness (QED) is 0.804. The molecule has 0 N–H and O–H groups in total. The summed E-state index contributed by atoms with van der Waals surface area (Å²) >= 11 is 0. The van der Waals surface area contributed by atoms with Crippen LogP contribution >= 0.6 is 0 Å². The molecule has 0 aromatic heterocycles. The minimum absolute atomic E-state index is 0.0324. The smallest absolute Gasteiger partial charge is 0.320 e. The van der Waals surface area contributed by atoms with Crippen molar-refractivity contribution < 1.29 is 9.18 Å². The third kappa shape index (κ3) is 3.70. The Morgan fingerprint density at radius 1 is 1.17 bits per heavy atom. The lowest BCUT2D eigenvalue weighted by atomic mass is 9.89. The standard InChI is InChI=1S/C23H25FN4O/c1-26(2)23(29)28-14-19-13-27(12-18-7-4-3-6-17(18)11-25)15-21(19)22(28)16-8-5-9-20(24)10-16/h3-10,19,21-22H,12-15H2,1-2H3/t19-,21-,22+/m1/s1. The monoisotopic (exact) mass is 392 g/mol. The van der Waals surface area contributed by atoms with Gasteiger partial charge in [-0.15, -0.1) is 0 Å². The summed E-state index contributed by atoms with van der Waals surface area (Å²) < 4.78 is 13.9. The number of carbonyl (C=O) groups is 1. The number of nitrogens with zero attached hydrogens (tertiary/aromatic N) is 4. The van der Waals surface area contributed by atoms with E-state index in [0.29, 0.717) is 24.6 Å². The van der Waals surface area contributed by atoms with Crippen molar-refractivity contribution in [3.05, 3.63) is 71.0 Å². The second-order valence-corrected chi connectivity index (χ2v) is 8.22. The zero-order chi connectivity index (χ0) is 20.5. The van der Waals surface area contributed by atoms with Crippen LogP contribution in [0.1, 0.15) is 22.7 Å². The van der Waals surface area contributed by atoms with Gasteiger partial charge in [0.1, 0.15) is 5.82 Å². The number of carbonyl (C=O) groups excluding carboxylic acids is 1. The van der Waals surface area contributed by atoms with Gasteiger partial charge in [0.15, 0.2) is 0 Å². The average molecular weight is 392 g/mol. The Bertz CT molecular complexity index is 954. The molecule has 6 heteroatoms. The Hall–Kier alpha value is -2.91. The van der Waals surface area contributed by atoms with Gasteiger partial charge in [-0.3, -0.25) is 4.90 Å². The number of halogens is 1. The maximum Gasteiger partial charge on any atom is 0.320 e. The largest absolute Gasteiger partial charge is 0.331 e. The predicted octanol–water partition coefficient (Wildman–Crippen LogP) is 3.48. The van der Waals surface area contributed by atoms with Crippen LogP contribution in [0, 0.1) is 29.0 Å². The zero-order valence-electron chi connectivity index (χ0n) is 16.8. The van der Waals surface area contributed by atoms with E-state index >= 15 is 0 Å². The van der Waals surface area contributed by atoms with Crippen LogP contribution in [0.4, 0.5) is 9.18 Å². The van der Waals surface area contributed by atoms with Gasteiger partial charge in [0.05, 0.1) is 17.7 Å². The number of hydrogen-bond acceptors (Lipinski definition) is 3. The molecule has 0 unspecified atom stereocenters. The van der Waals surface area contributed by atoms with Crippen molar-refractivity contribution >= 4 is 6.03 Å². The molecule has 0 aliphatic carbocycles. The Labute approximate surface area is 170 Å². The Balaban J connectivity index is 1.59. The molecule has 2 aliphatic rings. The molecule has 3 atom stereocenters. The maximum absolute atomic E-state index is 13.9. The summed E-state index contributed by atoms with van der Waals surface area (Å²) in [5.74, 6) is 0.303. The molecule has 2 amide bonds. The van der Waals surface area contributed by atoms with E-state index in [1.165, 1.54) is 6.07 Å². The molecule has 150 valence electrons. The van der Waals surface area contributed by atoms with Crippen molar-refractivity contribution in [3.8, 4) is 6.07 Å². The molecule has 4 rings (SSSR count). The highest BCUT2D eigenvalue weighted by Crippen LogP contribution is 2.45. The zero-order valence-corrected chi connectivity index (χ0v) is 16.8. The van der Waals surface area contributed by atoms with Crippen molar-refractivity contribution in [1.29, 1.82) is 5.26 Å². The van der Waals surface area contributed by atoms with Gasteiger partial charge in [0.2, 0.25) is 0 Å². The average Bonchev–Trinajstić information content (AvgIpc) is 3.24. The number of hydrogen-bond donors (Lipinski definition) is 0. The van der Waals surface area contributed by atoms with Crippen molar-refractivity contribution in [2.75, 3.05) is 33.7 Å². The first-order valence-electron chi connectivity index (χ1n) is 9.91. The lowest BCUT2D eigenvalue weighted by Crippen LogP contribution is -2.41. The molecule has 5 nitrogen and oxygen atoms in total. The summed E-state index contributed by atoms with van der Waals surface area (Å²) in [5.41, 5.74) is 2.58. The van der Waals surface area contributed by atoms with Crippen molar-refractivity contribution in [2.45, 2.75) is 12.6 Å². The van der Waals surface area contributed by atoms with Crippen LogP contribution in [-0.4, -0.2) is 54.5 Å². The van der Waals surface area contributed by atoms with E-state index in [1.807, 2.05) is 35.2 Å². The second-order valence-electron chi connectivity index (χ2n) is 8.22. The molecule has 2 aromatic rings. The fraction of sp³-hybridized carbons (Fsp3) is 0.391. The van der Waals surface area contributed by atoms with Gasteiger partial charge in [0.25, 0.3) is 0 Å². The molecule has 2 aliphatic heterocycles. The number of nitriles is 1. The third-order valence-corrected chi connectivity index (χ3v) is 6.09. The first-order valence-corrected chi connectivity index (χ1v) is 9.91. The normalized spacial score (nSPS) is 23.7. The van der Waals surface area contributed by atoms with Crippen LogP contribution in [-0.2, 0) is 6.54 Å². The highest BCUT2D eigenvalue weighted by molar-refractivity contribution is 5.75. The van der Waals surface area contributed by atoms with Gasteiger partial charge in [-0.25, -0.2) is 9.18 Å². The lowest BCUT2D eigenvalue weighted by molar-refractivity contribution is 0.151. The van der Waals surface area contributed by atoms with E-state index in [9.17, 15) is 14.4 Å². The van der Waals surface area contributed by atoms with Crippen molar-refractivity contribution in [1.82, 2.24) is 14.7 Å². The number of urea groups is 1. The SMILES string of the molecule is CN(C)C(=O)N1C[C@H]2CN(Cc3ccccc3C#N)C[C@H]2[C@@H]1c1cccc(F)c1. The Morgan fingerprint density at radius 3 is 2.69 bits per heavy atom. The molecule has 2 saturated heterocycles. The molecule has 0 radical (unpaired) electrons. The van der Waals surface area contributed by atoms with E-state index < -0.39 is 0 Å². The van der Waals surface area contributed by atoms with Gasteiger partial charge in [-0.1, -0.05) is 30.3 Å². The van der Waals surface area contributed by atoms with E-state index in [-0.39, 0.29) is 23.8 Å². The number of rotatable bonds is 3. The van der Waals surface area contributed by atoms with E-state index in [0.717, 1.165) is 24.2 Å². The van der Waals surface area contributed by atoms with Gasteiger partial charge in [-0.2, -0.15) is 5.26 Å². The van der Waals surface area contributed by atoms with Crippen LogP contribution in [0.3, 0.4) is 0 Å². The van der Waals surface area contributed by atoms with Crippen molar-refractivity contribution in [2.24, 2.45) is 11.8 Å². The fourth-order valence-corrected chi connectivity index (χ4v) is 4.85. The first kappa shape index (κ1) is 19.4. The minimum atomic E-state index is -0.277. The summed E-state index contributed by atoms with van der Waals surface area (Å²) in [6.45, 7) is 3.07. The summed E-state index contributed by atoms with van der Waals surface area (Å²) in [6.07, 6.45) is 0. The van der Waals surface area contributed by atoms with E-state index in [1.54, 1.807) is 31.1 Å². The molecule has 2 fully saturated rings. The second kappa shape index (κ2) is 7.84. The van der Waals surface area contributed by atoms with Crippen molar-refractivity contribution in [3.63, 3.8) is 0 Å². The predicted molar refractivity (Wildman–Crippen MR) is 108 cm³/mol. The molecular weight excluding hydrogens is 367 g/mol. The summed E-state index contributed by atoms with van der Waals surface area (Å²) in [6, 6.07) is 16.4. The van der Waals surface area contributed by atoms with Gasteiger partial charge >= 0.3 is 6.03 Å². The molecule has 29 heavy (non-hydrogen) atoms. The molecule has 0 saturated carbocycles. The van der Waals surface area contributed by atoms with E-state index in [2.05, 4.69) is 11.0 Å². The van der Waals surface area contributed by atoms with Crippen LogP contribution in [0.5, 0.6) is 0 Å². The van der Waals surface area contributed by atoms with Crippen LogP contribution in [0.15, 0.2) is 48.5 Å². The molecule has 2 heterocycles. The van der Waals surface area contributed by atoms with Crippen LogP contribution < -0.4 is 0 Å². The third-order valence-electron chi connectivity index (χ3n) is 6.09. The fourth-order valence-electron chi connectivity index (χ4n) is 4.85. The van der Waals surface area contributed by atoms with Crippen LogP contribution in [0.2, 0.25) is 0 Å².